The van der Waals surface area contributed by atoms with Crippen molar-refractivity contribution < 1.29 is 0 Å². The van der Waals surface area contributed by atoms with E-state index < -0.39 is 0 Å². The van der Waals surface area contributed by atoms with Gasteiger partial charge >= 0.3 is 0 Å². The molecule has 0 unspecified atom stereocenters. The first-order valence-corrected chi connectivity index (χ1v) is 5.13. The van der Waals surface area contributed by atoms with Gasteiger partial charge in [-0.3, -0.25) is 0 Å². The van der Waals surface area contributed by atoms with Gasteiger partial charge in [-0.2, -0.15) is 0 Å². The molecule has 1 aromatic carbocycles. The van der Waals surface area contributed by atoms with Crippen molar-refractivity contribution in [2.45, 2.75) is 6.42 Å². The van der Waals surface area contributed by atoms with Crippen molar-refractivity contribution in [1.82, 2.24) is 0 Å². The SMILES string of the molecule is C=CC/C(Br)=C(/Cl)c1ccccc1. The molecule has 0 amide bonds. The summed E-state index contributed by atoms with van der Waals surface area (Å²) in [6.45, 7) is 3.65. The molecule has 0 radical (unpaired) electrons. The Bertz CT molecular complexity index is 314. The van der Waals surface area contributed by atoms with Gasteiger partial charge in [0.2, 0.25) is 0 Å². The monoisotopic (exact) mass is 256 g/mol. The summed E-state index contributed by atoms with van der Waals surface area (Å²) < 4.78 is 0.968. The van der Waals surface area contributed by atoms with E-state index in [1.165, 1.54) is 0 Å². The predicted octanol–water partition coefficient (Wildman–Crippen LogP) is 4.57. The molecule has 0 nitrogen and oxygen atoms in total. The molecule has 0 saturated heterocycles. The van der Waals surface area contributed by atoms with Gasteiger partial charge in [0.1, 0.15) is 0 Å². The zero-order chi connectivity index (χ0) is 9.68. The van der Waals surface area contributed by atoms with E-state index in [0.29, 0.717) is 0 Å². The zero-order valence-electron chi connectivity index (χ0n) is 7.13. The van der Waals surface area contributed by atoms with E-state index in [-0.39, 0.29) is 0 Å². The van der Waals surface area contributed by atoms with Gasteiger partial charge < -0.3 is 0 Å². The highest BCUT2D eigenvalue weighted by atomic mass is 79.9. The van der Waals surface area contributed by atoms with Crippen LogP contribution in [0.1, 0.15) is 12.0 Å². The molecular weight excluding hydrogens is 247 g/mol. The lowest BCUT2D eigenvalue weighted by molar-refractivity contribution is 1.39. The molecule has 0 aliphatic rings. The van der Waals surface area contributed by atoms with Crippen molar-refractivity contribution in [1.29, 1.82) is 0 Å². The number of hydrogen-bond donors (Lipinski definition) is 0. The van der Waals surface area contributed by atoms with Crippen molar-refractivity contribution in [3.63, 3.8) is 0 Å². The van der Waals surface area contributed by atoms with Crippen molar-refractivity contribution >= 4 is 32.6 Å². The first-order valence-electron chi connectivity index (χ1n) is 3.96. The summed E-state index contributed by atoms with van der Waals surface area (Å²) >= 11 is 9.54. The highest BCUT2D eigenvalue weighted by Crippen LogP contribution is 2.28. The fourth-order valence-electron chi connectivity index (χ4n) is 0.957. The number of allylic oxidation sites excluding steroid dienone is 2. The molecule has 0 N–H and O–H groups in total. The van der Waals surface area contributed by atoms with Crippen LogP contribution >= 0.6 is 27.5 Å². The van der Waals surface area contributed by atoms with Gasteiger partial charge in [0, 0.05) is 4.48 Å². The molecule has 1 rings (SSSR count). The molecule has 2 heteroatoms. The maximum atomic E-state index is 6.12. The van der Waals surface area contributed by atoms with E-state index in [1.807, 2.05) is 36.4 Å². The zero-order valence-corrected chi connectivity index (χ0v) is 9.48. The van der Waals surface area contributed by atoms with Crippen LogP contribution in [0.4, 0.5) is 0 Å². The number of benzene rings is 1. The summed E-state index contributed by atoms with van der Waals surface area (Å²) in [7, 11) is 0. The van der Waals surface area contributed by atoms with Crippen LogP contribution in [-0.2, 0) is 0 Å². The topological polar surface area (TPSA) is 0 Å². The van der Waals surface area contributed by atoms with Crippen LogP contribution in [0.3, 0.4) is 0 Å². The fraction of sp³-hybridized carbons (Fsp3) is 0.0909. The van der Waals surface area contributed by atoms with Gasteiger partial charge in [0.15, 0.2) is 0 Å². The molecular formula is C11H10BrCl. The van der Waals surface area contributed by atoms with E-state index in [4.69, 9.17) is 11.6 Å². The molecule has 0 aliphatic heterocycles. The van der Waals surface area contributed by atoms with Gasteiger partial charge in [-0.1, -0.05) is 63.9 Å². The predicted molar refractivity (Wildman–Crippen MR) is 63.0 cm³/mol. The Labute approximate surface area is 92.0 Å². The second-order valence-electron chi connectivity index (χ2n) is 2.58. The molecule has 0 aliphatic carbocycles. The van der Waals surface area contributed by atoms with E-state index in [9.17, 15) is 0 Å². The average Bonchev–Trinajstić information content (AvgIpc) is 2.18. The van der Waals surface area contributed by atoms with Gasteiger partial charge in [0.05, 0.1) is 5.03 Å². The van der Waals surface area contributed by atoms with E-state index in [0.717, 1.165) is 21.5 Å². The lowest BCUT2D eigenvalue weighted by Crippen LogP contribution is -1.78. The van der Waals surface area contributed by atoms with Crippen LogP contribution in [0.5, 0.6) is 0 Å². The third-order valence-electron chi connectivity index (χ3n) is 1.59. The molecule has 0 fully saturated rings. The Morgan fingerprint density at radius 3 is 2.54 bits per heavy atom. The highest BCUT2D eigenvalue weighted by molar-refractivity contribution is 9.11. The summed E-state index contributed by atoms with van der Waals surface area (Å²) in [5.74, 6) is 0. The first kappa shape index (κ1) is 10.6. The second kappa shape index (κ2) is 5.25. The standard InChI is InChI=1S/C11H10BrCl/c1-2-6-10(12)11(13)9-7-4-3-5-8-9/h2-5,7-8H,1,6H2/b11-10-. The minimum atomic E-state index is 0.750. The number of halogens is 2. The van der Waals surface area contributed by atoms with Crippen LogP contribution in [0.25, 0.3) is 5.03 Å². The lowest BCUT2D eigenvalue weighted by Gasteiger charge is -2.01. The molecule has 13 heavy (non-hydrogen) atoms. The number of hydrogen-bond acceptors (Lipinski definition) is 0. The van der Waals surface area contributed by atoms with Crippen LogP contribution < -0.4 is 0 Å². The quantitative estimate of drug-likeness (QED) is 0.696. The third-order valence-corrected chi connectivity index (χ3v) is 2.98. The van der Waals surface area contributed by atoms with Crippen molar-refractivity contribution in [2.75, 3.05) is 0 Å². The van der Waals surface area contributed by atoms with Crippen molar-refractivity contribution in [3.8, 4) is 0 Å². The lowest BCUT2D eigenvalue weighted by atomic mass is 10.2. The van der Waals surface area contributed by atoms with Crippen LogP contribution in [0, 0.1) is 0 Å². The van der Waals surface area contributed by atoms with Crippen molar-refractivity contribution in [3.05, 3.63) is 53.0 Å². The van der Waals surface area contributed by atoms with Gasteiger partial charge in [-0.25, -0.2) is 0 Å². The molecule has 0 saturated carbocycles. The average molecular weight is 258 g/mol. The first-order chi connectivity index (χ1) is 6.25. The molecule has 0 heterocycles. The Morgan fingerprint density at radius 1 is 1.38 bits per heavy atom. The van der Waals surface area contributed by atoms with Crippen LogP contribution in [0.15, 0.2) is 47.5 Å². The second-order valence-corrected chi connectivity index (χ2v) is 3.91. The normalized spacial score (nSPS) is 12.2. The van der Waals surface area contributed by atoms with E-state index in [1.54, 1.807) is 0 Å². The third kappa shape index (κ3) is 3.02. The molecule has 0 aromatic heterocycles. The summed E-state index contributed by atoms with van der Waals surface area (Å²) in [5, 5.41) is 0.750. The summed E-state index contributed by atoms with van der Waals surface area (Å²) in [5.41, 5.74) is 1.03. The van der Waals surface area contributed by atoms with Gasteiger partial charge in [-0.05, 0) is 12.0 Å². The fourth-order valence-corrected chi connectivity index (χ4v) is 1.62. The molecule has 0 atom stereocenters. The van der Waals surface area contributed by atoms with Gasteiger partial charge in [0.25, 0.3) is 0 Å². The Morgan fingerprint density at radius 2 is 2.00 bits per heavy atom. The van der Waals surface area contributed by atoms with Crippen LogP contribution in [-0.4, -0.2) is 0 Å². The maximum Gasteiger partial charge on any atom is 0.0582 e. The number of rotatable bonds is 3. The Kier molecular flexibility index (Phi) is 4.26. The Hall–Kier alpha value is -0.530. The van der Waals surface area contributed by atoms with E-state index >= 15 is 0 Å². The largest absolute Gasteiger partial charge is 0.103 e. The molecule has 0 bridgehead atoms. The molecule has 0 spiro atoms. The summed E-state index contributed by atoms with van der Waals surface area (Å²) in [4.78, 5) is 0. The maximum absolute atomic E-state index is 6.12. The van der Waals surface area contributed by atoms with Crippen LogP contribution in [0.2, 0.25) is 0 Å². The highest BCUT2D eigenvalue weighted by Gasteiger charge is 2.01. The molecule has 68 valence electrons. The minimum Gasteiger partial charge on any atom is -0.103 e. The summed E-state index contributed by atoms with van der Waals surface area (Å²) in [6, 6.07) is 9.85. The van der Waals surface area contributed by atoms with Gasteiger partial charge in [-0.15, -0.1) is 6.58 Å². The summed E-state index contributed by atoms with van der Waals surface area (Å²) in [6.07, 6.45) is 2.57. The Balaban J connectivity index is 2.95. The smallest absolute Gasteiger partial charge is 0.0582 e. The van der Waals surface area contributed by atoms with Crippen molar-refractivity contribution in [2.24, 2.45) is 0 Å². The minimum absolute atomic E-state index is 0.750. The van der Waals surface area contributed by atoms with E-state index in [2.05, 4.69) is 22.5 Å². The molecule has 1 aromatic rings.